The molecule has 6 aliphatic carbocycles. The zero-order valence-electron chi connectivity index (χ0n) is 14.0. The van der Waals surface area contributed by atoms with Crippen LogP contribution in [0.1, 0.15) is 72.1 Å². The quantitative estimate of drug-likeness (QED) is 0.630. The molecule has 0 heterocycles. The lowest BCUT2D eigenvalue weighted by Gasteiger charge is -2.65. The fraction of sp³-hybridized carbons (Fsp3) is 0.950. The van der Waals surface area contributed by atoms with Crippen LogP contribution in [0, 0.1) is 45.3 Å². The van der Waals surface area contributed by atoms with Crippen molar-refractivity contribution < 1.29 is 4.79 Å². The molecule has 0 saturated heterocycles. The molecule has 1 spiro atoms. The van der Waals surface area contributed by atoms with E-state index >= 15 is 0 Å². The van der Waals surface area contributed by atoms with E-state index in [0.29, 0.717) is 16.2 Å². The van der Waals surface area contributed by atoms with Crippen molar-refractivity contribution in [2.24, 2.45) is 45.3 Å². The standard InChI is InChI=1S/C20H30O/c1-17(2)6-4-7-18(3)15(17)5-8-19-10-14-13(9-16(18)19)20(14,11-19)12-21/h12-16H,4-11H2,1-3H3/t13-,14-,15-,16+,18-,19+,20-/m1/s1. The molecule has 21 heavy (non-hydrogen) atoms. The number of carbonyl (C=O) groups excluding carboxylic acids is 1. The molecule has 116 valence electrons. The summed E-state index contributed by atoms with van der Waals surface area (Å²) in [6.07, 6.45) is 12.6. The van der Waals surface area contributed by atoms with Gasteiger partial charge in [-0.3, -0.25) is 0 Å². The molecule has 0 aliphatic heterocycles. The molecule has 4 bridgehead atoms. The van der Waals surface area contributed by atoms with Crippen LogP contribution in [0.25, 0.3) is 0 Å². The van der Waals surface area contributed by atoms with Gasteiger partial charge in [-0.05, 0) is 84.9 Å². The molecular weight excluding hydrogens is 256 g/mol. The Balaban J connectivity index is 1.56. The summed E-state index contributed by atoms with van der Waals surface area (Å²) >= 11 is 0. The molecule has 0 N–H and O–H groups in total. The van der Waals surface area contributed by atoms with Crippen molar-refractivity contribution in [3.8, 4) is 0 Å². The summed E-state index contributed by atoms with van der Waals surface area (Å²) < 4.78 is 0. The van der Waals surface area contributed by atoms with Crippen LogP contribution >= 0.6 is 0 Å². The number of hydrogen-bond acceptors (Lipinski definition) is 1. The van der Waals surface area contributed by atoms with E-state index in [0.717, 1.165) is 23.7 Å². The number of carbonyl (C=O) groups is 1. The third-order valence-corrected chi connectivity index (χ3v) is 9.49. The largest absolute Gasteiger partial charge is 0.303 e. The maximum Gasteiger partial charge on any atom is 0.126 e. The number of rotatable bonds is 1. The average molecular weight is 286 g/mol. The van der Waals surface area contributed by atoms with Crippen LogP contribution in [0.15, 0.2) is 0 Å². The van der Waals surface area contributed by atoms with E-state index in [1.165, 1.54) is 57.7 Å². The predicted octanol–water partition coefficient (Wildman–Crippen LogP) is 4.84. The van der Waals surface area contributed by atoms with Crippen molar-refractivity contribution in [1.82, 2.24) is 0 Å². The minimum atomic E-state index is 0.171. The van der Waals surface area contributed by atoms with E-state index in [1.807, 2.05) is 0 Å². The van der Waals surface area contributed by atoms with Crippen LogP contribution in [0.4, 0.5) is 0 Å². The summed E-state index contributed by atoms with van der Waals surface area (Å²) in [5.41, 5.74) is 1.85. The Kier molecular flexibility index (Phi) is 2.15. The first-order valence-corrected chi connectivity index (χ1v) is 9.34. The van der Waals surface area contributed by atoms with Gasteiger partial charge in [0.15, 0.2) is 0 Å². The second-order valence-corrected chi connectivity index (χ2v) is 10.4. The zero-order valence-corrected chi connectivity index (χ0v) is 14.0. The highest BCUT2D eigenvalue weighted by molar-refractivity contribution is 5.68. The van der Waals surface area contributed by atoms with E-state index in [2.05, 4.69) is 20.8 Å². The van der Waals surface area contributed by atoms with Crippen molar-refractivity contribution in [3.63, 3.8) is 0 Å². The molecular formula is C20H30O. The maximum absolute atomic E-state index is 11.7. The van der Waals surface area contributed by atoms with Gasteiger partial charge in [-0.2, -0.15) is 0 Å². The Labute approximate surface area is 129 Å². The Morgan fingerprint density at radius 2 is 1.81 bits per heavy atom. The maximum atomic E-state index is 11.7. The first-order chi connectivity index (χ1) is 9.88. The van der Waals surface area contributed by atoms with Crippen LogP contribution < -0.4 is 0 Å². The molecule has 6 aliphatic rings. The second kappa shape index (κ2) is 3.44. The summed E-state index contributed by atoms with van der Waals surface area (Å²) in [6.45, 7) is 7.71. The molecule has 0 amide bonds. The molecule has 1 heteroatoms. The molecule has 0 aromatic carbocycles. The van der Waals surface area contributed by atoms with Gasteiger partial charge in [0, 0.05) is 5.41 Å². The summed E-state index contributed by atoms with van der Waals surface area (Å²) in [4.78, 5) is 11.7. The second-order valence-electron chi connectivity index (χ2n) is 10.4. The van der Waals surface area contributed by atoms with Crippen molar-refractivity contribution in [1.29, 1.82) is 0 Å². The molecule has 0 aromatic rings. The highest BCUT2D eigenvalue weighted by Crippen LogP contribution is 2.85. The molecule has 6 rings (SSSR count). The first-order valence-electron chi connectivity index (χ1n) is 9.34. The van der Waals surface area contributed by atoms with Gasteiger partial charge in [0.1, 0.15) is 6.29 Å². The van der Waals surface area contributed by atoms with Crippen LogP contribution in [-0.4, -0.2) is 6.29 Å². The lowest BCUT2D eigenvalue weighted by atomic mass is 9.40. The van der Waals surface area contributed by atoms with Gasteiger partial charge in [0.2, 0.25) is 0 Å². The summed E-state index contributed by atoms with van der Waals surface area (Å²) in [7, 11) is 0. The Morgan fingerprint density at radius 3 is 2.52 bits per heavy atom. The number of aldehydes is 1. The monoisotopic (exact) mass is 286 g/mol. The molecule has 0 aromatic heterocycles. The van der Waals surface area contributed by atoms with Gasteiger partial charge < -0.3 is 4.79 Å². The van der Waals surface area contributed by atoms with E-state index in [-0.39, 0.29) is 5.41 Å². The lowest BCUT2D eigenvalue weighted by Crippen LogP contribution is -2.57. The van der Waals surface area contributed by atoms with Gasteiger partial charge in [0.05, 0.1) is 0 Å². The highest BCUT2D eigenvalue weighted by Gasteiger charge is 2.80. The number of fused-ring (bicyclic) bond motifs is 1. The summed E-state index contributed by atoms with van der Waals surface area (Å²) in [5.74, 6) is 3.43. The van der Waals surface area contributed by atoms with E-state index in [1.54, 1.807) is 0 Å². The predicted molar refractivity (Wildman–Crippen MR) is 83.7 cm³/mol. The van der Waals surface area contributed by atoms with Crippen LogP contribution in [0.5, 0.6) is 0 Å². The van der Waals surface area contributed by atoms with Crippen molar-refractivity contribution >= 4 is 6.29 Å². The SMILES string of the molecule is CC1(C)CCC[C@]2(C)[C@@H]1CC[C@@]13C[C@@H]4[C@@H](C[C@H]12)[C@]4(C=O)C3. The molecule has 0 unspecified atom stereocenters. The average Bonchev–Trinajstić information content (AvgIpc) is 2.93. The Morgan fingerprint density at radius 1 is 1.00 bits per heavy atom. The molecule has 6 saturated carbocycles. The fourth-order valence-corrected chi connectivity index (χ4v) is 8.78. The minimum Gasteiger partial charge on any atom is -0.303 e. The van der Waals surface area contributed by atoms with Crippen LogP contribution in [0.2, 0.25) is 0 Å². The van der Waals surface area contributed by atoms with Crippen molar-refractivity contribution in [3.05, 3.63) is 0 Å². The van der Waals surface area contributed by atoms with Crippen molar-refractivity contribution in [2.45, 2.75) is 72.1 Å². The fourth-order valence-electron chi connectivity index (χ4n) is 8.78. The Hall–Kier alpha value is -0.330. The highest BCUT2D eigenvalue weighted by atomic mass is 16.1. The first kappa shape index (κ1) is 13.1. The molecule has 0 radical (unpaired) electrons. The van der Waals surface area contributed by atoms with Crippen LogP contribution in [0.3, 0.4) is 0 Å². The summed E-state index contributed by atoms with van der Waals surface area (Å²) in [6, 6.07) is 0. The van der Waals surface area contributed by atoms with E-state index in [9.17, 15) is 4.79 Å². The lowest BCUT2D eigenvalue weighted by molar-refractivity contribution is -0.161. The topological polar surface area (TPSA) is 17.1 Å². The normalized spacial score (nSPS) is 62.6. The summed E-state index contributed by atoms with van der Waals surface area (Å²) in [5, 5.41) is 0. The van der Waals surface area contributed by atoms with Gasteiger partial charge in [0.25, 0.3) is 0 Å². The molecule has 6 fully saturated rings. The van der Waals surface area contributed by atoms with E-state index in [4.69, 9.17) is 0 Å². The van der Waals surface area contributed by atoms with Gasteiger partial charge in [-0.1, -0.05) is 27.2 Å². The molecule has 1 nitrogen and oxygen atoms in total. The van der Waals surface area contributed by atoms with Gasteiger partial charge in [-0.15, -0.1) is 0 Å². The Bertz CT molecular complexity index is 522. The number of hydrogen-bond donors (Lipinski definition) is 0. The third kappa shape index (κ3) is 1.27. The van der Waals surface area contributed by atoms with Crippen molar-refractivity contribution in [2.75, 3.05) is 0 Å². The van der Waals surface area contributed by atoms with E-state index < -0.39 is 0 Å². The zero-order chi connectivity index (χ0) is 14.7. The third-order valence-electron chi connectivity index (χ3n) is 9.49. The minimum absolute atomic E-state index is 0.171. The smallest absolute Gasteiger partial charge is 0.126 e. The van der Waals surface area contributed by atoms with Crippen LogP contribution in [-0.2, 0) is 4.79 Å². The van der Waals surface area contributed by atoms with Gasteiger partial charge in [-0.25, -0.2) is 0 Å². The van der Waals surface area contributed by atoms with Gasteiger partial charge >= 0.3 is 0 Å². The molecule has 7 atom stereocenters.